The van der Waals surface area contributed by atoms with E-state index in [4.69, 9.17) is 4.74 Å². The monoisotopic (exact) mass is 400 g/mol. The van der Waals surface area contributed by atoms with Crippen LogP contribution >= 0.6 is 0 Å². The van der Waals surface area contributed by atoms with Gasteiger partial charge in [-0.05, 0) is 50.0 Å². The highest BCUT2D eigenvalue weighted by Crippen LogP contribution is 2.28. The van der Waals surface area contributed by atoms with E-state index in [1.807, 2.05) is 0 Å². The van der Waals surface area contributed by atoms with E-state index in [2.05, 4.69) is 40.2 Å². The first-order valence-corrected chi connectivity index (χ1v) is 11.3. The highest BCUT2D eigenvalue weighted by molar-refractivity contribution is 5.81. The van der Waals surface area contributed by atoms with Crippen LogP contribution in [0.4, 0.5) is 0 Å². The Morgan fingerprint density at radius 2 is 1.72 bits per heavy atom. The molecule has 0 aromatic heterocycles. The number of ether oxygens (including phenoxy) is 1. The molecule has 2 aliphatic heterocycles. The first-order valence-electron chi connectivity index (χ1n) is 11.3. The van der Waals surface area contributed by atoms with Crippen molar-refractivity contribution in [2.75, 3.05) is 19.7 Å². The summed E-state index contributed by atoms with van der Waals surface area (Å²) in [6, 6.07) is 8.37. The zero-order chi connectivity index (χ0) is 20.1. The normalized spacial score (nSPS) is 29.1. The third-order valence-electron chi connectivity index (χ3n) is 6.83. The molecular weight excluding hydrogens is 366 g/mol. The van der Waals surface area contributed by atoms with Gasteiger partial charge in [-0.1, -0.05) is 24.3 Å². The van der Waals surface area contributed by atoms with Gasteiger partial charge in [-0.2, -0.15) is 0 Å². The van der Waals surface area contributed by atoms with E-state index in [9.17, 15) is 9.59 Å². The van der Waals surface area contributed by atoms with Crippen LogP contribution in [0.2, 0.25) is 0 Å². The Balaban J connectivity index is 1.14. The summed E-state index contributed by atoms with van der Waals surface area (Å²) in [7, 11) is 0. The van der Waals surface area contributed by atoms with Crippen LogP contribution in [0, 0.1) is 11.8 Å². The Hall–Kier alpha value is -1.92. The van der Waals surface area contributed by atoms with Gasteiger partial charge in [0.15, 0.2) is 6.04 Å². The molecule has 3 aliphatic rings. The van der Waals surface area contributed by atoms with Gasteiger partial charge in [0.2, 0.25) is 5.91 Å². The van der Waals surface area contributed by atoms with Gasteiger partial charge in [0.25, 0.3) is 5.91 Å². The van der Waals surface area contributed by atoms with Crippen molar-refractivity contribution < 1.29 is 19.6 Å². The number of rotatable bonds is 6. The molecular formula is C23H34N3O3+. The molecule has 2 heterocycles. The maximum absolute atomic E-state index is 12.6. The number of carbonyl (C=O) groups excluding carboxylic acids is 2. The van der Waals surface area contributed by atoms with E-state index in [0.29, 0.717) is 12.5 Å². The largest absolute Gasteiger partial charge is 0.376 e. The number of hydrogen-bond acceptors (Lipinski definition) is 3. The summed E-state index contributed by atoms with van der Waals surface area (Å²) in [5, 5.41) is 8.39. The molecule has 1 aromatic carbocycles. The van der Waals surface area contributed by atoms with E-state index in [-0.39, 0.29) is 29.9 Å². The van der Waals surface area contributed by atoms with E-state index in [0.717, 1.165) is 64.6 Å². The molecule has 2 fully saturated rings. The number of hydrogen-bond donors (Lipinski definition) is 3. The zero-order valence-corrected chi connectivity index (χ0v) is 17.2. The molecule has 2 atom stereocenters. The minimum Gasteiger partial charge on any atom is -0.376 e. The maximum atomic E-state index is 12.6. The second kappa shape index (κ2) is 9.72. The highest BCUT2D eigenvalue weighted by Gasteiger charge is 2.30. The summed E-state index contributed by atoms with van der Waals surface area (Å²) in [4.78, 5) is 25.0. The number of nitrogens with two attached hydrogens (primary N) is 1. The van der Waals surface area contributed by atoms with Crippen LogP contribution in [0.3, 0.4) is 0 Å². The number of nitrogens with one attached hydrogen (secondary N) is 2. The highest BCUT2D eigenvalue weighted by atomic mass is 16.5. The molecule has 0 radical (unpaired) electrons. The van der Waals surface area contributed by atoms with Crippen LogP contribution in [-0.2, 0) is 27.3 Å². The van der Waals surface area contributed by atoms with Crippen LogP contribution in [0.1, 0.15) is 49.7 Å². The Kier molecular flexibility index (Phi) is 6.82. The Labute approximate surface area is 173 Å². The second-order valence-electron chi connectivity index (χ2n) is 8.86. The van der Waals surface area contributed by atoms with E-state index < -0.39 is 0 Å². The summed E-state index contributed by atoms with van der Waals surface area (Å²) in [6.07, 6.45) is 7.01. The van der Waals surface area contributed by atoms with E-state index in [1.165, 1.54) is 11.1 Å². The summed E-state index contributed by atoms with van der Waals surface area (Å²) in [6.45, 7) is 3.08. The number of amides is 2. The molecule has 6 heteroatoms. The van der Waals surface area contributed by atoms with Crippen molar-refractivity contribution >= 4 is 11.8 Å². The minimum absolute atomic E-state index is 0.0233. The predicted octanol–water partition coefficient (Wildman–Crippen LogP) is 0.893. The average Bonchev–Trinajstić information content (AvgIpc) is 3.29. The van der Waals surface area contributed by atoms with Crippen molar-refractivity contribution in [1.82, 2.24) is 10.6 Å². The van der Waals surface area contributed by atoms with Gasteiger partial charge in [-0.15, -0.1) is 0 Å². The lowest BCUT2D eigenvalue weighted by Gasteiger charge is -2.29. The molecule has 158 valence electrons. The molecule has 4 rings (SSSR count). The average molecular weight is 401 g/mol. The molecule has 1 aromatic rings. The number of carbonyl (C=O) groups is 2. The lowest BCUT2D eigenvalue weighted by Crippen LogP contribution is -2.93. The fraction of sp³-hybridized carbons (Fsp3) is 0.652. The summed E-state index contributed by atoms with van der Waals surface area (Å²) in [5.41, 5.74) is 2.64. The fourth-order valence-corrected chi connectivity index (χ4v) is 4.91. The van der Waals surface area contributed by atoms with Crippen LogP contribution < -0.4 is 16.0 Å². The maximum Gasteiger partial charge on any atom is 0.278 e. The van der Waals surface area contributed by atoms with Crippen LogP contribution in [0.5, 0.6) is 0 Å². The van der Waals surface area contributed by atoms with Crippen LogP contribution in [-0.4, -0.2) is 43.7 Å². The SMILES string of the molecule is O=C(NC[C@@H]1CCCO1)C1CCC(CNC(=O)[C@@H]2Cc3ccccc3C[NH2+]2)CC1. The van der Waals surface area contributed by atoms with Gasteiger partial charge < -0.3 is 20.7 Å². The van der Waals surface area contributed by atoms with Crippen LogP contribution in [0.25, 0.3) is 0 Å². The lowest BCUT2D eigenvalue weighted by atomic mass is 9.81. The predicted molar refractivity (Wildman–Crippen MR) is 110 cm³/mol. The molecule has 0 spiro atoms. The van der Waals surface area contributed by atoms with E-state index in [1.54, 1.807) is 0 Å². The fourth-order valence-electron chi connectivity index (χ4n) is 4.91. The third kappa shape index (κ3) is 5.37. The van der Waals surface area contributed by atoms with Gasteiger partial charge in [0, 0.05) is 37.6 Å². The molecule has 0 unspecified atom stereocenters. The topological polar surface area (TPSA) is 84.0 Å². The van der Waals surface area contributed by atoms with Crippen LogP contribution in [0.15, 0.2) is 24.3 Å². The molecule has 29 heavy (non-hydrogen) atoms. The molecule has 0 bridgehead atoms. The summed E-state index contributed by atoms with van der Waals surface area (Å²) >= 11 is 0. The smallest absolute Gasteiger partial charge is 0.278 e. The minimum atomic E-state index is -0.0233. The number of benzene rings is 1. The Bertz CT molecular complexity index is 709. The first-order chi connectivity index (χ1) is 14.2. The number of fused-ring (bicyclic) bond motifs is 1. The van der Waals surface area contributed by atoms with Crippen molar-refractivity contribution in [3.63, 3.8) is 0 Å². The van der Waals surface area contributed by atoms with E-state index >= 15 is 0 Å². The molecule has 1 saturated carbocycles. The lowest BCUT2D eigenvalue weighted by molar-refractivity contribution is -0.695. The third-order valence-corrected chi connectivity index (χ3v) is 6.83. The van der Waals surface area contributed by atoms with Crippen molar-refractivity contribution in [1.29, 1.82) is 0 Å². The molecule has 1 aliphatic carbocycles. The summed E-state index contributed by atoms with van der Waals surface area (Å²) < 4.78 is 5.57. The quantitative estimate of drug-likeness (QED) is 0.663. The Morgan fingerprint density at radius 3 is 2.48 bits per heavy atom. The Morgan fingerprint density at radius 1 is 0.966 bits per heavy atom. The van der Waals surface area contributed by atoms with Crippen molar-refractivity contribution in [2.45, 2.75) is 63.6 Å². The molecule has 1 saturated heterocycles. The van der Waals surface area contributed by atoms with Gasteiger partial charge in [-0.25, -0.2) is 0 Å². The molecule has 6 nitrogen and oxygen atoms in total. The van der Waals surface area contributed by atoms with Gasteiger partial charge in [0.05, 0.1) is 6.10 Å². The standard InChI is InChI=1S/C23H33N3O3/c27-22(26-15-20-6-3-11-29-20)17-9-7-16(8-10-17)13-25-23(28)21-12-18-4-1-2-5-19(18)14-24-21/h1-2,4-5,16-17,20-21,24H,3,6-15H2,(H,25,28)(H,26,27)/p+1/t16?,17?,20-,21-/m0/s1. The molecule has 4 N–H and O–H groups in total. The van der Waals surface area contributed by atoms with Crippen molar-refractivity contribution in [3.05, 3.63) is 35.4 Å². The van der Waals surface area contributed by atoms with Gasteiger partial charge in [0.1, 0.15) is 6.54 Å². The first kappa shape index (κ1) is 20.4. The van der Waals surface area contributed by atoms with Gasteiger partial charge in [-0.3, -0.25) is 9.59 Å². The summed E-state index contributed by atoms with van der Waals surface area (Å²) in [5.74, 6) is 0.929. The zero-order valence-electron chi connectivity index (χ0n) is 17.2. The van der Waals surface area contributed by atoms with Crippen molar-refractivity contribution in [3.8, 4) is 0 Å². The second-order valence-corrected chi connectivity index (χ2v) is 8.86. The van der Waals surface area contributed by atoms with Gasteiger partial charge >= 0.3 is 0 Å². The molecule has 2 amide bonds. The number of quaternary nitrogens is 1. The van der Waals surface area contributed by atoms with Crippen molar-refractivity contribution in [2.24, 2.45) is 11.8 Å².